The lowest BCUT2D eigenvalue weighted by atomic mass is 9.93. The van der Waals surface area contributed by atoms with Crippen molar-refractivity contribution < 1.29 is 30.7 Å². The molecule has 16 heteroatoms. The highest BCUT2D eigenvalue weighted by molar-refractivity contribution is 7.89. The predicted octanol–water partition coefficient (Wildman–Crippen LogP) is 3.44. The summed E-state index contributed by atoms with van der Waals surface area (Å²) in [6, 6.07) is -0.868. The SMILES string of the molecule is COC1CCC(n2cc(-c3nc(N[C@H]4CCN(S(=O)(=O)c5cn(C)cn5)C[C@H]4F)ncc3C(F)(F)F)cn2)CC1. The summed E-state index contributed by atoms with van der Waals surface area (Å²) in [4.78, 5) is 11.8. The number of hydrogen-bond acceptors (Lipinski definition) is 8. The van der Waals surface area contributed by atoms with E-state index in [1.165, 1.54) is 29.5 Å². The summed E-state index contributed by atoms with van der Waals surface area (Å²) >= 11 is 0. The Labute approximate surface area is 228 Å². The number of ether oxygens (including phenoxy) is 1. The topological polar surface area (TPSA) is 120 Å². The molecular formula is C24H30F4N8O3S. The van der Waals surface area contributed by atoms with Crippen LogP contribution in [0.1, 0.15) is 43.7 Å². The molecule has 0 radical (unpaired) electrons. The number of anilines is 1. The molecule has 11 nitrogen and oxygen atoms in total. The van der Waals surface area contributed by atoms with Crippen molar-refractivity contribution in [2.45, 2.75) is 67.7 Å². The number of halogens is 4. The third-order valence-corrected chi connectivity index (χ3v) is 9.18. The Hall–Kier alpha value is -3.11. The molecule has 0 bridgehead atoms. The second-order valence-corrected chi connectivity index (χ2v) is 12.0. The highest BCUT2D eigenvalue weighted by atomic mass is 32.2. The second-order valence-electron chi connectivity index (χ2n) is 10.1. The molecule has 1 saturated heterocycles. The van der Waals surface area contributed by atoms with Gasteiger partial charge in [0, 0.05) is 51.4 Å². The van der Waals surface area contributed by atoms with Gasteiger partial charge >= 0.3 is 6.18 Å². The first kappa shape index (κ1) is 28.4. The van der Waals surface area contributed by atoms with Crippen LogP contribution in [0.3, 0.4) is 0 Å². The van der Waals surface area contributed by atoms with Crippen LogP contribution < -0.4 is 5.32 Å². The summed E-state index contributed by atoms with van der Waals surface area (Å²) in [5, 5.41) is 6.89. The Kier molecular flexibility index (Phi) is 7.85. The maximum absolute atomic E-state index is 15.1. The second kappa shape index (κ2) is 11.0. The molecule has 1 aliphatic carbocycles. The van der Waals surface area contributed by atoms with Gasteiger partial charge in [-0.25, -0.2) is 27.8 Å². The van der Waals surface area contributed by atoms with Gasteiger partial charge in [-0.2, -0.15) is 22.6 Å². The number of aromatic nitrogens is 6. The fourth-order valence-corrected chi connectivity index (χ4v) is 6.59. The quantitative estimate of drug-likeness (QED) is 0.418. The van der Waals surface area contributed by atoms with Gasteiger partial charge < -0.3 is 14.6 Å². The molecule has 2 fully saturated rings. The average molecular weight is 587 g/mol. The summed E-state index contributed by atoms with van der Waals surface area (Å²) < 4.78 is 91.9. The molecule has 3 aromatic heterocycles. The first-order chi connectivity index (χ1) is 19.0. The molecule has 0 aromatic carbocycles. The molecule has 2 aliphatic rings. The molecule has 0 amide bonds. The highest BCUT2D eigenvalue weighted by Gasteiger charge is 2.39. The number of methoxy groups -OCH3 is 1. The molecule has 218 valence electrons. The minimum atomic E-state index is -4.72. The van der Waals surface area contributed by atoms with Crippen LogP contribution in [0.4, 0.5) is 23.5 Å². The predicted molar refractivity (Wildman–Crippen MR) is 135 cm³/mol. The molecule has 40 heavy (non-hydrogen) atoms. The zero-order chi connectivity index (χ0) is 28.7. The summed E-state index contributed by atoms with van der Waals surface area (Å²) in [6.45, 7) is -0.454. The number of rotatable bonds is 7. The third-order valence-electron chi connectivity index (χ3n) is 7.42. The lowest BCUT2D eigenvalue weighted by Gasteiger charge is -2.33. The lowest BCUT2D eigenvalue weighted by molar-refractivity contribution is -0.137. The normalized spacial score (nSPS) is 24.8. The van der Waals surface area contributed by atoms with Crippen molar-refractivity contribution in [3.63, 3.8) is 0 Å². The molecule has 5 rings (SSSR count). The summed E-state index contributed by atoms with van der Waals surface area (Å²) in [5.74, 6) is -0.190. The first-order valence-corrected chi connectivity index (χ1v) is 14.3. The van der Waals surface area contributed by atoms with Gasteiger partial charge in [0.1, 0.15) is 11.7 Å². The fraction of sp³-hybridized carbons (Fsp3) is 0.583. The van der Waals surface area contributed by atoms with Gasteiger partial charge in [-0.1, -0.05) is 0 Å². The average Bonchev–Trinajstić information content (AvgIpc) is 3.59. The Morgan fingerprint density at radius 1 is 1.07 bits per heavy atom. The molecule has 1 saturated carbocycles. The van der Waals surface area contributed by atoms with Gasteiger partial charge in [0.15, 0.2) is 5.03 Å². The van der Waals surface area contributed by atoms with Crippen molar-refractivity contribution >= 4 is 16.0 Å². The summed E-state index contributed by atoms with van der Waals surface area (Å²) in [7, 11) is -0.703. The summed E-state index contributed by atoms with van der Waals surface area (Å²) in [5.41, 5.74) is -1.24. The van der Waals surface area contributed by atoms with Gasteiger partial charge in [0.2, 0.25) is 5.95 Å². The maximum atomic E-state index is 15.1. The van der Waals surface area contributed by atoms with Gasteiger partial charge in [0.05, 0.1) is 36.4 Å². The van der Waals surface area contributed by atoms with Crippen molar-refractivity contribution in [3.8, 4) is 11.3 Å². The molecule has 1 aliphatic heterocycles. The molecule has 0 unspecified atom stereocenters. The van der Waals surface area contributed by atoms with Crippen LogP contribution in [0, 0.1) is 0 Å². The molecule has 3 aromatic rings. The van der Waals surface area contributed by atoms with Crippen LogP contribution in [0.5, 0.6) is 0 Å². The van der Waals surface area contributed by atoms with Gasteiger partial charge in [-0.15, -0.1) is 0 Å². The fourth-order valence-electron chi connectivity index (χ4n) is 5.16. The van der Waals surface area contributed by atoms with E-state index in [9.17, 15) is 21.6 Å². The number of nitrogens with zero attached hydrogens (tertiary/aromatic N) is 7. The van der Waals surface area contributed by atoms with Crippen molar-refractivity contribution in [1.82, 2.24) is 33.6 Å². The standard InChI is InChI=1S/C24H30F4N8O3S/c1-34-13-21(30-14-34)40(37,38)35-8-7-20(19(25)12-35)32-23-29-10-18(24(26,27)28)22(33-23)15-9-31-36(11-15)16-3-5-17(39-2)6-4-16/h9-11,13-14,16-17,19-20H,3-8,12H2,1-2H3,(H,29,32,33)/t16?,17?,19-,20+/m1/s1. The zero-order valence-corrected chi connectivity index (χ0v) is 22.7. The van der Waals surface area contributed by atoms with E-state index in [-0.39, 0.29) is 47.3 Å². The van der Waals surface area contributed by atoms with E-state index in [2.05, 4.69) is 25.4 Å². The minimum Gasteiger partial charge on any atom is -0.381 e. The molecule has 4 heterocycles. The van der Waals surface area contributed by atoms with Crippen molar-refractivity contribution in [2.75, 3.05) is 25.5 Å². The Morgan fingerprint density at radius 2 is 1.82 bits per heavy atom. The van der Waals surface area contributed by atoms with Crippen LogP contribution in [0.25, 0.3) is 11.3 Å². The Bertz CT molecular complexity index is 1440. The van der Waals surface area contributed by atoms with Gasteiger partial charge in [-0.3, -0.25) is 4.68 Å². The van der Waals surface area contributed by atoms with E-state index in [1.54, 1.807) is 18.8 Å². The van der Waals surface area contributed by atoms with E-state index < -0.39 is 40.5 Å². The highest BCUT2D eigenvalue weighted by Crippen LogP contribution is 2.37. The van der Waals surface area contributed by atoms with Crippen LogP contribution in [-0.2, 0) is 28.0 Å². The summed E-state index contributed by atoms with van der Waals surface area (Å²) in [6.07, 6.45) is 3.28. The monoisotopic (exact) mass is 586 g/mol. The largest absolute Gasteiger partial charge is 0.419 e. The number of nitrogens with one attached hydrogen (secondary N) is 1. The number of sulfonamides is 1. The van der Waals surface area contributed by atoms with Crippen molar-refractivity contribution in [2.24, 2.45) is 7.05 Å². The number of hydrogen-bond donors (Lipinski definition) is 1. The number of alkyl halides is 4. The third kappa shape index (κ3) is 5.83. The van der Waals surface area contributed by atoms with Crippen molar-refractivity contribution in [3.05, 3.63) is 36.7 Å². The number of piperidine rings is 1. The van der Waals surface area contributed by atoms with Crippen LogP contribution in [-0.4, -0.2) is 80.5 Å². The van der Waals surface area contributed by atoms with E-state index >= 15 is 4.39 Å². The number of aryl methyl sites for hydroxylation is 1. The molecule has 0 spiro atoms. The minimum absolute atomic E-state index is 0.0113. The molecule has 2 atom stereocenters. The van der Waals surface area contributed by atoms with Crippen LogP contribution >= 0.6 is 0 Å². The van der Waals surface area contributed by atoms with E-state index in [0.717, 1.165) is 30.0 Å². The molecule has 1 N–H and O–H groups in total. The molecular weight excluding hydrogens is 556 g/mol. The zero-order valence-electron chi connectivity index (χ0n) is 21.9. The smallest absolute Gasteiger partial charge is 0.381 e. The van der Waals surface area contributed by atoms with Gasteiger partial charge in [-0.05, 0) is 32.1 Å². The van der Waals surface area contributed by atoms with Crippen LogP contribution in [0.2, 0.25) is 0 Å². The van der Waals surface area contributed by atoms with E-state index in [0.29, 0.717) is 6.20 Å². The maximum Gasteiger partial charge on any atom is 0.419 e. The van der Waals surface area contributed by atoms with E-state index in [4.69, 9.17) is 4.74 Å². The number of imidazole rings is 1. The lowest BCUT2D eigenvalue weighted by Crippen LogP contribution is -2.50. The van der Waals surface area contributed by atoms with Gasteiger partial charge in [0.25, 0.3) is 10.0 Å². The Morgan fingerprint density at radius 3 is 2.45 bits per heavy atom. The van der Waals surface area contributed by atoms with E-state index in [1.807, 2.05) is 0 Å². The van der Waals surface area contributed by atoms with Crippen molar-refractivity contribution in [1.29, 1.82) is 0 Å². The Balaban J connectivity index is 1.33. The first-order valence-electron chi connectivity index (χ1n) is 12.9. The van der Waals surface area contributed by atoms with Crippen LogP contribution in [0.15, 0.2) is 36.1 Å².